The first-order valence-corrected chi connectivity index (χ1v) is 12.9. The number of rotatable bonds is 6. The van der Waals surface area contributed by atoms with Crippen molar-refractivity contribution in [3.63, 3.8) is 0 Å². The maximum Gasteiger partial charge on any atom is 0.239 e. The predicted octanol–water partition coefficient (Wildman–Crippen LogP) is -1.39. The minimum absolute atomic E-state index is 0.103. The van der Waals surface area contributed by atoms with Gasteiger partial charge >= 0.3 is 0 Å². The third kappa shape index (κ3) is 5.49. The molecule has 15 nitrogen and oxygen atoms in total. The topological polar surface area (TPSA) is 249 Å². The Morgan fingerprint density at radius 3 is 2.10 bits per heavy atom. The highest BCUT2D eigenvalue weighted by Gasteiger charge is 2.47. The normalized spacial score (nSPS) is 33.5. The first-order valence-electron chi connectivity index (χ1n) is 12.9. The van der Waals surface area contributed by atoms with Crippen molar-refractivity contribution >= 4 is 11.0 Å². The van der Waals surface area contributed by atoms with Gasteiger partial charge in [-0.3, -0.25) is 4.79 Å². The molecule has 9 N–H and O–H groups in total. The number of phenols is 3. The number of aromatic hydroxyl groups is 3. The number of fused-ring (bicyclic) bond motifs is 1. The van der Waals surface area contributed by atoms with E-state index in [9.17, 15) is 50.8 Å². The molecule has 0 bridgehead atoms. The maximum atomic E-state index is 13.5. The highest BCUT2D eigenvalue weighted by atomic mass is 16.7. The number of ether oxygens (including phenoxy) is 4. The summed E-state index contributed by atoms with van der Waals surface area (Å²) in [6.45, 7) is 0.866. The van der Waals surface area contributed by atoms with Crippen LogP contribution in [0.4, 0.5) is 0 Å². The monoisotopic (exact) mass is 594 g/mol. The van der Waals surface area contributed by atoms with Crippen molar-refractivity contribution in [1.82, 2.24) is 0 Å². The number of phenolic OH excluding ortho intramolecular Hbond substituents is 3. The molecule has 0 amide bonds. The van der Waals surface area contributed by atoms with Crippen LogP contribution in [-0.4, -0.2) is 114 Å². The summed E-state index contributed by atoms with van der Waals surface area (Å²) in [6.07, 6.45) is -15.8. The van der Waals surface area contributed by atoms with Gasteiger partial charge in [0.1, 0.15) is 70.9 Å². The summed E-state index contributed by atoms with van der Waals surface area (Å²) in [4.78, 5) is 13.5. The van der Waals surface area contributed by atoms with Gasteiger partial charge in [0.2, 0.25) is 17.5 Å². The minimum Gasteiger partial charge on any atom is -0.508 e. The fourth-order valence-electron chi connectivity index (χ4n) is 4.79. The van der Waals surface area contributed by atoms with Gasteiger partial charge in [-0.05, 0) is 31.2 Å². The summed E-state index contributed by atoms with van der Waals surface area (Å²) in [7, 11) is 0. The smallest absolute Gasteiger partial charge is 0.239 e. The zero-order valence-electron chi connectivity index (χ0n) is 21.9. The van der Waals surface area contributed by atoms with Crippen molar-refractivity contribution in [2.75, 3.05) is 6.61 Å². The second kappa shape index (κ2) is 11.6. The van der Waals surface area contributed by atoms with E-state index in [-0.39, 0.29) is 28.0 Å². The van der Waals surface area contributed by atoms with E-state index >= 15 is 0 Å². The van der Waals surface area contributed by atoms with Gasteiger partial charge in [-0.1, -0.05) is 0 Å². The van der Waals surface area contributed by atoms with Crippen LogP contribution in [0.5, 0.6) is 23.0 Å². The Bertz CT molecular complexity index is 1470. The molecule has 228 valence electrons. The molecule has 3 heterocycles. The molecule has 0 radical (unpaired) electrons. The molecular weight excluding hydrogens is 564 g/mol. The highest BCUT2D eigenvalue weighted by molar-refractivity contribution is 5.88. The molecule has 3 aromatic rings. The second-order valence-corrected chi connectivity index (χ2v) is 10.1. The van der Waals surface area contributed by atoms with Gasteiger partial charge in [0, 0.05) is 17.7 Å². The third-order valence-electron chi connectivity index (χ3n) is 7.18. The molecule has 5 rings (SSSR count). The standard InChI is InChI=1S/C27H30O15/c1-9-17(31)20(34)22(36)26(39-9)38-8-15-18(32)21(35)23(37)27(41-15)42-25-19(33)16-13(30)6-12(29)7-14(16)40-24(25)10-2-4-11(28)5-3-10/h2-7,9,15,17-18,20-23,26-32,34-37H,8H2,1H3/t9-,15+,17+,18-,20-,21+,22-,23-,26-,27+/m0/s1. The Morgan fingerprint density at radius 1 is 0.762 bits per heavy atom. The van der Waals surface area contributed by atoms with Gasteiger partial charge in [-0.15, -0.1) is 0 Å². The molecule has 0 aliphatic carbocycles. The Hall–Kier alpha value is -3.51. The van der Waals surface area contributed by atoms with Gasteiger partial charge in [0.25, 0.3) is 0 Å². The number of hydrogen-bond acceptors (Lipinski definition) is 15. The van der Waals surface area contributed by atoms with Crippen molar-refractivity contribution in [1.29, 1.82) is 0 Å². The van der Waals surface area contributed by atoms with Crippen molar-refractivity contribution < 1.29 is 69.3 Å². The summed E-state index contributed by atoms with van der Waals surface area (Å²) in [6, 6.07) is 7.33. The van der Waals surface area contributed by atoms with E-state index in [0.717, 1.165) is 12.1 Å². The lowest BCUT2D eigenvalue weighted by Crippen LogP contribution is -2.61. The highest BCUT2D eigenvalue weighted by Crippen LogP contribution is 2.37. The van der Waals surface area contributed by atoms with Crippen LogP contribution in [0.15, 0.2) is 45.6 Å². The molecule has 0 spiro atoms. The molecule has 2 aliphatic rings. The molecule has 0 saturated carbocycles. The Morgan fingerprint density at radius 2 is 1.40 bits per heavy atom. The largest absolute Gasteiger partial charge is 0.508 e. The number of benzene rings is 2. The van der Waals surface area contributed by atoms with E-state index in [2.05, 4.69) is 0 Å². The minimum atomic E-state index is -1.92. The Kier molecular flexibility index (Phi) is 8.30. The van der Waals surface area contributed by atoms with Crippen LogP contribution in [-0.2, 0) is 14.2 Å². The molecular formula is C27H30O15. The summed E-state index contributed by atoms with van der Waals surface area (Å²) in [5, 5.41) is 91.4. The number of aliphatic hydroxyl groups excluding tert-OH is 6. The van der Waals surface area contributed by atoms with Crippen molar-refractivity contribution in [2.45, 2.75) is 68.3 Å². The second-order valence-electron chi connectivity index (χ2n) is 10.1. The van der Waals surface area contributed by atoms with Crippen LogP contribution in [0.3, 0.4) is 0 Å². The van der Waals surface area contributed by atoms with Gasteiger partial charge < -0.3 is 69.3 Å². The fraction of sp³-hybridized carbons (Fsp3) is 0.444. The average molecular weight is 595 g/mol. The quantitative estimate of drug-likeness (QED) is 0.159. The summed E-state index contributed by atoms with van der Waals surface area (Å²) in [5.41, 5.74) is -0.956. The van der Waals surface area contributed by atoms with Crippen LogP contribution in [0.2, 0.25) is 0 Å². The molecule has 2 saturated heterocycles. The van der Waals surface area contributed by atoms with Crippen LogP contribution in [0, 0.1) is 0 Å². The van der Waals surface area contributed by atoms with Gasteiger partial charge in [-0.25, -0.2) is 0 Å². The molecule has 2 aliphatic heterocycles. The summed E-state index contributed by atoms with van der Waals surface area (Å²) >= 11 is 0. The number of hydrogen-bond donors (Lipinski definition) is 9. The first-order chi connectivity index (χ1) is 19.9. The van der Waals surface area contributed by atoms with Crippen molar-refractivity contribution in [2.24, 2.45) is 0 Å². The van der Waals surface area contributed by atoms with Gasteiger partial charge in [0.15, 0.2) is 12.1 Å². The van der Waals surface area contributed by atoms with E-state index in [0.29, 0.717) is 0 Å². The number of aliphatic hydroxyl groups is 6. The fourth-order valence-corrected chi connectivity index (χ4v) is 4.79. The van der Waals surface area contributed by atoms with Crippen molar-refractivity contribution in [3.8, 4) is 34.3 Å². The first kappa shape index (κ1) is 30.0. The SMILES string of the molecule is C[C@@H]1O[C@H](OC[C@H]2O[C@H](Oc3c(-c4ccc(O)cc4)oc4cc(O)cc(O)c4c3=O)[C@@H](O)[C@H](O)[C@H]2O)[C@@H](O)[C@@H](O)[C@@H]1O. The molecule has 10 atom stereocenters. The Balaban J connectivity index is 1.46. The van der Waals surface area contributed by atoms with Crippen LogP contribution in [0.25, 0.3) is 22.3 Å². The molecule has 15 heteroatoms. The predicted molar refractivity (Wildman–Crippen MR) is 139 cm³/mol. The lowest BCUT2D eigenvalue weighted by Gasteiger charge is -2.42. The van der Waals surface area contributed by atoms with E-state index in [1.165, 1.54) is 31.2 Å². The lowest BCUT2D eigenvalue weighted by atomic mass is 9.98. The van der Waals surface area contributed by atoms with E-state index in [1.54, 1.807) is 0 Å². The van der Waals surface area contributed by atoms with E-state index in [4.69, 9.17) is 23.4 Å². The summed E-state index contributed by atoms with van der Waals surface area (Å²) in [5.74, 6) is -1.97. The molecule has 0 unspecified atom stereocenters. The summed E-state index contributed by atoms with van der Waals surface area (Å²) < 4.78 is 28.0. The lowest BCUT2D eigenvalue weighted by molar-refractivity contribution is -0.318. The van der Waals surface area contributed by atoms with Crippen molar-refractivity contribution in [3.05, 3.63) is 46.6 Å². The van der Waals surface area contributed by atoms with E-state index < -0.39 is 90.7 Å². The zero-order chi connectivity index (χ0) is 30.5. The van der Waals surface area contributed by atoms with Crippen LogP contribution in [0.1, 0.15) is 6.92 Å². The molecule has 2 aromatic carbocycles. The Labute approximate surface area is 236 Å². The van der Waals surface area contributed by atoms with Gasteiger partial charge in [-0.2, -0.15) is 0 Å². The zero-order valence-corrected chi connectivity index (χ0v) is 21.9. The maximum absolute atomic E-state index is 13.5. The molecule has 42 heavy (non-hydrogen) atoms. The molecule has 2 fully saturated rings. The van der Waals surface area contributed by atoms with Crippen LogP contribution < -0.4 is 10.2 Å². The van der Waals surface area contributed by atoms with E-state index in [1.807, 2.05) is 0 Å². The van der Waals surface area contributed by atoms with Gasteiger partial charge in [0.05, 0.1) is 12.7 Å². The third-order valence-corrected chi connectivity index (χ3v) is 7.18. The average Bonchev–Trinajstić information content (AvgIpc) is 2.95. The van der Waals surface area contributed by atoms with Crippen LogP contribution >= 0.6 is 0 Å². The molecule has 1 aromatic heterocycles.